The lowest BCUT2D eigenvalue weighted by Crippen LogP contribution is -2.34. The number of hydrogen-bond acceptors (Lipinski definition) is 2. The molecule has 0 bridgehead atoms. The quantitative estimate of drug-likeness (QED) is 0.662. The summed E-state index contributed by atoms with van der Waals surface area (Å²) < 4.78 is 15.2. The largest absolute Gasteiger partial charge is 0.313 e. The van der Waals surface area contributed by atoms with Gasteiger partial charge in [0.05, 0.1) is 5.02 Å². The summed E-state index contributed by atoms with van der Waals surface area (Å²) in [5, 5.41) is 5.77. The van der Waals surface area contributed by atoms with Crippen LogP contribution in [0.1, 0.15) is 23.8 Å². The lowest BCUT2D eigenvalue weighted by Gasteiger charge is -2.19. The summed E-state index contributed by atoms with van der Waals surface area (Å²) in [5.74, 6) is -0.298. The molecule has 0 radical (unpaired) electrons. The lowest BCUT2D eigenvalue weighted by molar-refractivity contribution is 0.494. The molecule has 0 amide bonds. The van der Waals surface area contributed by atoms with Crippen molar-refractivity contribution in [2.45, 2.75) is 32.2 Å². The van der Waals surface area contributed by atoms with Crippen molar-refractivity contribution < 1.29 is 4.39 Å². The lowest BCUT2D eigenvalue weighted by atomic mass is 10.0. The van der Waals surface area contributed by atoms with Gasteiger partial charge in [-0.2, -0.15) is 0 Å². The van der Waals surface area contributed by atoms with Gasteiger partial charge in [-0.05, 0) is 64.8 Å². The fourth-order valence-corrected chi connectivity index (χ4v) is 4.02. The van der Waals surface area contributed by atoms with E-state index in [1.54, 1.807) is 23.5 Å². The molecule has 0 aliphatic heterocycles. The molecule has 2 aromatic rings. The summed E-state index contributed by atoms with van der Waals surface area (Å²) in [6.07, 6.45) is 2.57. The van der Waals surface area contributed by atoms with Crippen molar-refractivity contribution in [3.05, 3.63) is 55.4 Å². The van der Waals surface area contributed by atoms with E-state index in [4.69, 9.17) is 11.6 Å². The zero-order valence-corrected chi connectivity index (χ0v) is 15.0. The van der Waals surface area contributed by atoms with Crippen molar-refractivity contribution in [3.8, 4) is 0 Å². The van der Waals surface area contributed by atoms with E-state index in [1.165, 1.54) is 4.88 Å². The van der Waals surface area contributed by atoms with E-state index in [0.717, 1.165) is 23.9 Å². The van der Waals surface area contributed by atoms with Gasteiger partial charge in [-0.1, -0.05) is 30.7 Å². The van der Waals surface area contributed by atoms with Crippen LogP contribution in [0, 0.1) is 5.82 Å². The topological polar surface area (TPSA) is 12.0 Å². The zero-order chi connectivity index (χ0) is 15.2. The highest BCUT2D eigenvalue weighted by atomic mass is 79.9. The van der Waals surface area contributed by atoms with E-state index in [2.05, 4.69) is 39.6 Å². The second-order valence-electron chi connectivity index (χ2n) is 4.96. The standard InChI is InChI=1S/C16H18BrClFNS/c1-2-7-20-12(10-15-13(17)6-8-21-15)9-11-4-3-5-14(18)16(11)19/h3-6,8,12,20H,2,7,9-10H2,1H3. The van der Waals surface area contributed by atoms with E-state index in [9.17, 15) is 4.39 Å². The Hall–Kier alpha value is -0.420. The van der Waals surface area contributed by atoms with Crippen LogP contribution in [0.5, 0.6) is 0 Å². The van der Waals surface area contributed by atoms with E-state index >= 15 is 0 Å². The normalized spacial score (nSPS) is 12.6. The highest BCUT2D eigenvalue weighted by Gasteiger charge is 2.16. The van der Waals surface area contributed by atoms with Crippen LogP contribution in [0.15, 0.2) is 34.1 Å². The Morgan fingerprint density at radius 3 is 2.81 bits per heavy atom. The Morgan fingerprint density at radius 2 is 2.14 bits per heavy atom. The first-order valence-corrected chi connectivity index (χ1v) is 9.05. The number of thiophene rings is 1. The second-order valence-corrected chi connectivity index (χ2v) is 7.23. The van der Waals surface area contributed by atoms with E-state index < -0.39 is 0 Å². The first-order chi connectivity index (χ1) is 10.1. The molecule has 0 spiro atoms. The van der Waals surface area contributed by atoms with Crippen molar-refractivity contribution in [1.82, 2.24) is 5.32 Å². The predicted octanol–water partition coefficient (Wildman–Crippen LogP) is 5.46. The number of benzene rings is 1. The van der Waals surface area contributed by atoms with Gasteiger partial charge in [-0.3, -0.25) is 0 Å². The maximum atomic E-state index is 14.1. The predicted molar refractivity (Wildman–Crippen MR) is 92.9 cm³/mol. The van der Waals surface area contributed by atoms with Gasteiger partial charge in [-0.25, -0.2) is 4.39 Å². The average molecular weight is 391 g/mol. The molecule has 1 heterocycles. The molecule has 1 aromatic heterocycles. The minimum absolute atomic E-state index is 0.194. The minimum Gasteiger partial charge on any atom is -0.313 e. The summed E-state index contributed by atoms with van der Waals surface area (Å²) in [6.45, 7) is 3.06. The highest BCUT2D eigenvalue weighted by molar-refractivity contribution is 9.10. The highest BCUT2D eigenvalue weighted by Crippen LogP contribution is 2.26. The first-order valence-electron chi connectivity index (χ1n) is 7.00. The second kappa shape index (κ2) is 8.28. The van der Waals surface area contributed by atoms with Crippen LogP contribution < -0.4 is 5.32 Å². The smallest absolute Gasteiger partial charge is 0.145 e. The van der Waals surface area contributed by atoms with Crippen molar-refractivity contribution in [3.63, 3.8) is 0 Å². The van der Waals surface area contributed by atoms with Gasteiger partial charge in [0, 0.05) is 15.4 Å². The van der Waals surface area contributed by atoms with Crippen LogP contribution in [0.3, 0.4) is 0 Å². The molecular weight excluding hydrogens is 373 g/mol. The molecule has 2 rings (SSSR count). The number of nitrogens with one attached hydrogen (secondary N) is 1. The fraction of sp³-hybridized carbons (Fsp3) is 0.375. The molecule has 0 fully saturated rings. The van der Waals surface area contributed by atoms with Crippen molar-refractivity contribution >= 4 is 38.9 Å². The van der Waals surface area contributed by atoms with E-state index in [1.807, 2.05) is 6.07 Å². The summed E-state index contributed by atoms with van der Waals surface area (Å²) in [6, 6.07) is 7.46. The summed E-state index contributed by atoms with van der Waals surface area (Å²) in [7, 11) is 0. The first kappa shape index (κ1) is 16.9. The number of rotatable bonds is 7. The molecule has 21 heavy (non-hydrogen) atoms. The molecule has 1 unspecified atom stereocenters. The molecular formula is C16H18BrClFNS. The zero-order valence-electron chi connectivity index (χ0n) is 11.8. The van der Waals surface area contributed by atoms with Gasteiger partial charge in [0.25, 0.3) is 0 Å². The van der Waals surface area contributed by atoms with Crippen molar-refractivity contribution in [2.24, 2.45) is 0 Å². The molecule has 114 valence electrons. The Morgan fingerprint density at radius 1 is 1.33 bits per heavy atom. The van der Waals surface area contributed by atoms with Crippen molar-refractivity contribution in [2.75, 3.05) is 6.54 Å². The third-order valence-electron chi connectivity index (χ3n) is 3.30. The summed E-state index contributed by atoms with van der Waals surface area (Å²) in [4.78, 5) is 1.28. The Kier molecular flexibility index (Phi) is 6.68. The van der Waals surface area contributed by atoms with Gasteiger partial charge >= 0.3 is 0 Å². The minimum atomic E-state index is -0.298. The molecule has 1 N–H and O–H groups in total. The van der Waals surface area contributed by atoms with Crippen LogP contribution in [-0.2, 0) is 12.8 Å². The fourth-order valence-electron chi connectivity index (χ4n) is 2.23. The molecule has 1 aromatic carbocycles. The Balaban J connectivity index is 2.12. The van der Waals surface area contributed by atoms with Crippen LogP contribution in [0.4, 0.5) is 4.39 Å². The molecule has 1 atom stereocenters. The maximum absolute atomic E-state index is 14.1. The van der Waals surface area contributed by atoms with Gasteiger partial charge < -0.3 is 5.32 Å². The molecule has 0 aliphatic carbocycles. The molecule has 0 saturated heterocycles. The summed E-state index contributed by atoms with van der Waals surface area (Å²) >= 11 is 11.2. The van der Waals surface area contributed by atoms with E-state index in [-0.39, 0.29) is 16.9 Å². The summed E-state index contributed by atoms with van der Waals surface area (Å²) in [5.41, 5.74) is 0.670. The van der Waals surface area contributed by atoms with Crippen LogP contribution in [0.25, 0.3) is 0 Å². The Labute approximate surface area is 142 Å². The van der Waals surface area contributed by atoms with Gasteiger partial charge in [0.2, 0.25) is 0 Å². The van der Waals surface area contributed by atoms with E-state index in [0.29, 0.717) is 12.0 Å². The van der Waals surface area contributed by atoms with Crippen LogP contribution >= 0.6 is 38.9 Å². The van der Waals surface area contributed by atoms with Gasteiger partial charge in [0.1, 0.15) is 5.82 Å². The number of halogens is 3. The SMILES string of the molecule is CCCNC(Cc1cccc(Cl)c1F)Cc1sccc1Br. The van der Waals surface area contributed by atoms with Crippen molar-refractivity contribution in [1.29, 1.82) is 0 Å². The third kappa shape index (κ3) is 4.78. The van der Waals surface area contributed by atoms with Gasteiger partial charge in [0.15, 0.2) is 0 Å². The molecule has 0 saturated carbocycles. The maximum Gasteiger partial charge on any atom is 0.145 e. The average Bonchev–Trinajstić information content (AvgIpc) is 2.86. The monoisotopic (exact) mass is 389 g/mol. The molecule has 5 heteroatoms. The third-order valence-corrected chi connectivity index (χ3v) is 5.54. The van der Waals surface area contributed by atoms with Gasteiger partial charge in [-0.15, -0.1) is 11.3 Å². The number of hydrogen-bond donors (Lipinski definition) is 1. The Bertz CT molecular complexity index is 587. The van der Waals surface area contributed by atoms with Crippen LogP contribution in [0.2, 0.25) is 5.02 Å². The molecule has 0 aliphatic rings. The van der Waals surface area contributed by atoms with Crippen LogP contribution in [-0.4, -0.2) is 12.6 Å². The molecule has 1 nitrogen and oxygen atoms in total.